The number of aromatic amines is 1. The van der Waals surface area contributed by atoms with Gasteiger partial charge in [0.25, 0.3) is 0 Å². The molecule has 3 nitrogen and oxygen atoms in total. The molecular formula is C10H11N3. The molecule has 0 saturated heterocycles. The molecule has 0 aliphatic heterocycles. The summed E-state index contributed by atoms with van der Waals surface area (Å²) in [6.45, 7) is 5.86. The Balaban J connectivity index is 2.84. The van der Waals surface area contributed by atoms with Crippen molar-refractivity contribution in [3.8, 4) is 0 Å². The Labute approximate surface area is 76.3 Å². The first kappa shape index (κ1) is 7.86. The number of nitrogens with two attached hydrogens (primary N) is 1. The van der Waals surface area contributed by atoms with Crippen molar-refractivity contribution >= 4 is 22.3 Å². The maximum atomic E-state index is 5.67. The van der Waals surface area contributed by atoms with Crippen molar-refractivity contribution in [3.63, 3.8) is 0 Å². The van der Waals surface area contributed by atoms with Gasteiger partial charge in [0.15, 0.2) is 5.82 Å². The first-order chi connectivity index (χ1) is 6.20. The van der Waals surface area contributed by atoms with E-state index in [0.717, 1.165) is 22.0 Å². The molecule has 1 aromatic carbocycles. The van der Waals surface area contributed by atoms with Crippen LogP contribution in [0.2, 0.25) is 0 Å². The summed E-state index contributed by atoms with van der Waals surface area (Å²) in [5.41, 5.74) is 8.72. The SMILES string of the molecule is C=C(C)c1cccc2c(N)n[nH]c12. The van der Waals surface area contributed by atoms with Crippen LogP contribution in [0.25, 0.3) is 16.5 Å². The van der Waals surface area contributed by atoms with Gasteiger partial charge < -0.3 is 5.73 Å². The molecule has 2 aromatic rings. The van der Waals surface area contributed by atoms with E-state index in [2.05, 4.69) is 16.8 Å². The van der Waals surface area contributed by atoms with Crippen molar-refractivity contribution in [1.82, 2.24) is 10.2 Å². The lowest BCUT2D eigenvalue weighted by atomic mass is 10.1. The standard InChI is InChI=1S/C10H11N3/c1-6(2)7-4-3-5-8-9(7)12-13-10(8)11/h3-5H,1H2,2H3,(H3,11,12,13). The largest absolute Gasteiger partial charge is 0.382 e. The number of fused-ring (bicyclic) bond motifs is 1. The minimum Gasteiger partial charge on any atom is -0.382 e. The molecule has 0 bridgehead atoms. The third kappa shape index (κ3) is 1.09. The number of hydrogen-bond acceptors (Lipinski definition) is 2. The van der Waals surface area contributed by atoms with Gasteiger partial charge in [-0.3, -0.25) is 5.10 Å². The van der Waals surface area contributed by atoms with Crippen LogP contribution >= 0.6 is 0 Å². The Kier molecular flexibility index (Phi) is 1.59. The first-order valence-electron chi connectivity index (χ1n) is 4.08. The van der Waals surface area contributed by atoms with Crippen LogP contribution in [0, 0.1) is 0 Å². The zero-order chi connectivity index (χ0) is 9.42. The third-order valence-corrected chi connectivity index (χ3v) is 2.09. The molecule has 0 saturated carbocycles. The highest BCUT2D eigenvalue weighted by molar-refractivity contribution is 5.95. The third-order valence-electron chi connectivity index (χ3n) is 2.09. The van der Waals surface area contributed by atoms with Gasteiger partial charge in [-0.15, -0.1) is 0 Å². The summed E-state index contributed by atoms with van der Waals surface area (Å²) in [5.74, 6) is 0.540. The molecule has 0 radical (unpaired) electrons. The molecule has 3 heteroatoms. The average Bonchev–Trinajstić information content (AvgIpc) is 2.48. The zero-order valence-electron chi connectivity index (χ0n) is 7.46. The minimum absolute atomic E-state index is 0.540. The number of nitrogens with zero attached hydrogens (tertiary/aromatic N) is 1. The van der Waals surface area contributed by atoms with Crippen molar-refractivity contribution in [2.45, 2.75) is 6.92 Å². The van der Waals surface area contributed by atoms with Gasteiger partial charge in [0.1, 0.15) is 0 Å². The summed E-state index contributed by atoms with van der Waals surface area (Å²) in [4.78, 5) is 0. The molecule has 0 atom stereocenters. The lowest BCUT2D eigenvalue weighted by Gasteiger charge is -1.99. The van der Waals surface area contributed by atoms with E-state index >= 15 is 0 Å². The smallest absolute Gasteiger partial charge is 0.153 e. The van der Waals surface area contributed by atoms with Crippen molar-refractivity contribution in [2.24, 2.45) is 0 Å². The summed E-state index contributed by atoms with van der Waals surface area (Å²) in [5, 5.41) is 7.81. The summed E-state index contributed by atoms with van der Waals surface area (Å²) >= 11 is 0. The number of para-hydroxylation sites is 1. The van der Waals surface area contributed by atoms with Gasteiger partial charge in [0, 0.05) is 10.9 Å². The predicted octanol–water partition coefficient (Wildman–Crippen LogP) is 2.18. The van der Waals surface area contributed by atoms with Crippen LogP contribution in [0.3, 0.4) is 0 Å². The first-order valence-corrected chi connectivity index (χ1v) is 4.08. The Hall–Kier alpha value is -1.77. The normalized spacial score (nSPS) is 10.5. The molecule has 0 unspecified atom stereocenters. The fraction of sp³-hybridized carbons (Fsp3) is 0.100. The maximum absolute atomic E-state index is 5.67. The topological polar surface area (TPSA) is 54.7 Å². The van der Waals surface area contributed by atoms with E-state index in [1.807, 2.05) is 25.1 Å². The van der Waals surface area contributed by atoms with Gasteiger partial charge >= 0.3 is 0 Å². The van der Waals surface area contributed by atoms with E-state index in [1.54, 1.807) is 0 Å². The summed E-state index contributed by atoms with van der Waals surface area (Å²) in [7, 11) is 0. The van der Waals surface area contributed by atoms with Crippen LogP contribution in [0.5, 0.6) is 0 Å². The Morgan fingerprint density at radius 1 is 1.54 bits per heavy atom. The molecular weight excluding hydrogens is 162 g/mol. The van der Waals surface area contributed by atoms with E-state index in [0.29, 0.717) is 5.82 Å². The van der Waals surface area contributed by atoms with Gasteiger partial charge in [0.05, 0.1) is 5.52 Å². The second-order valence-electron chi connectivity index (χ2n) is 3.12. The van der Waals surface area contributed by atoms with Crippen LogP contribution < -0.4 is 5.73 Å². The zero-order valence-corrected chi connectivity index (χ0v) is 7.46. The monoisotopic (exact) mass is 173 g/mol. The number of rotatable bonds is 1. The second-order valence-corrected chi connectivity index (χ2v) is 3.12. The van der Waals surface area contributed by atoms with Crippen LogP contribution in [0.15, 0.2) is 24.8 Å². The average molecular weight is 173 g/mol. The maximum Gasteiger partial charge on any atom is 0.153 e. The minimum atomic E-state index is 0.540. The number of allylic oxidation sites excluding steroid dienone is 1. The van der Waals surface area contributed by atoms with Crippen molar-refractivity contribution in [1.29, 1.82) is 0 Å². The van der Waals surface area contributed by atoms with Crippen molar-refractivity contribution < 1.29 is 0 Å². The molecule has 2 rings (SSSR count). The lowest BCUT2D eigenvalue weighted by molar-refractivity contribution is 1.12. The van der Waals surface area contributed by atoms with E-state index in [1.165, 1.54) is 0 Å². The molecule has 1 aromatic heterocycles. The van der Waals surface area contributed by atoms with Crippen LogP contribution in [-0.4, -0.2) is 10.2 Å². The molecule has 3 N–H and O–H groups in total. The number of aromatic nitrogens is 2. The van der Waals surface area contributed by atoms with Crippen molar-refractivity contribution in [2.75, 3.05) is 5.73 Å². The number of hydrogen-bond donors (Lipinski definition) is 2. The van der Waals surface area contributed by atoms with Crippen LogP contribution in [0.1, 0.15) is 12.5 Å². The van der Waals surface area contributed by atoms with Gasteiger partial charge in [-0.2, -0.15) is 5.10 Å². The second kappa shape index (κ2) is 2.62. The van der Waals surface area contributed by atoms with Crippen LogP contribution in [0.4, 0.5) is 5.82 Å². The molecule has 0 fully saturated rings. The Morgan fingerprint density at radius 2 is 2.31 bits per heavy atom. The van der Waals surface area contributed by atoms with Gasteiger partial charge in [0.2, 0.25) is 0 Å². The van der Waals surface area contributed by atoms with E-state index < -0.39 is 0 Å². The quantitative estimate of drug-likeness (QED) is 0.694. The number of benzene rings is 1. The Morgan fingerprint density at radius 3 is 3.00 bits per heavy atom. The molecule has 66 valence electrons. The highest BCUT2D eigenvalue weighted by atomic mass is 15.1. The molecule has 0 aliphatic rings. The van der Waals surface area contributed by atoms with E-state index in [9.17, 15) is 0 Å². The molecule has 0 aliphatic carbocycles. The van der Waals surface area contributed by atoms with Crippen molar-refractivity contribution in [3.05, 3.63) is 30.3 Å². The lowest BCUT2D eigenvalue weighted by Crippen LogP contribution is -1.83. The Bertz CT molecular complexity index is 468. The number of H-pyrrole nitrogens is 1. The summed E-state index contributed by atoms with van der Waals surface area (Å²) in [6.07, 6.45) is 0. The van der Waals surface area contributed by atoms with Gasteiger partial charge in [-0.25, -0.2) is 0 Å². The molecule has 0 spiro atoms. The molecule has 13 heavy (non-hydrogen) atoms. The van der Waals surface area contributed by atoms with E-state index in [-0.39, 0.29) is 0 Å². The van der Waals surface area contributed by atoms with E-state index in [4.69, 9.17) is 5.73 Å². The highest BCUT2D eigenvalue weighted by Crippen LogP contribution is 2.24. The molecule has 0 amide bonds. The number of nitrogens with one attached hydrogen (secondary N) is 1. The fourth-order valence-corrected chi connectivity index (χ4v) is 1.42. The van der Waals surface area contributed by atoms with Crippen LogP contribution in [-0.2, 0) is 0 Å². The molecule has 1 heterocycles. The highest BCUT2D eigenvalue weighted by Gasteiger charge is 2.05. The fourth-order valence-electron chi connectivity index (χ4n) is 1.42. The van der Waals surface area contributed by atoms with Gasteiger partial charge in [-0.05, 0) is 18.6 Å². The predicted molar refractivity (Wildman–Crippen MR) is 55.2 cm³/mol. The summed E-state index contributed by atoms with van der Waals surface area (Å²) in [6, 6.07) is 5.90. The number of anilines is 1. The number of nitrogen functional groups attached to an aromatic ring is 1. The van der Waals surface area contributed by atoms with Gasteiger partial charge in [-0.1, -0.05) is 18.7 Å². The summed E-state index contributed by atoms with van der Waals surface area (Å²) < 4.78 is 0.